The first-order chi connectivity index (χ1) is 9.98. The Labute approximate surface area is 129 Å². The molecule has 6 heteroatoms. The fraction of sp³-hybridized carbons (Fsp3) is 0.333. The normalized spacial score (nSPS) is 11.6. The second kappa shape index (κ2) is 6.60. The summed E-state index contributed by atoms with van der Waals surface area (Å²) in [4.78, 5) is 0.871. The van der Waals surface area contributed by atoms with Crippen molar-refractivity contribution < 1.29 is 13.5 Å². The molecule has 0 saturated heterocycles. The van der Waals surface area contributed by atoms with Crippen LogP contribution < -0.4 is 4.31 Å². The highest BCUT2D eigenvalue weighted by atomic mass is 32.2. The first-order valence-electron chi connectivity index (χ1n) is 6.78. The molecule has 114 valence electrons. The maximum Gasteiger partial charge on any atom is 0.273 e. The Bertz CT molecular complexity index is 690. The van der Waals surface area contributed by atoms with Crippen LogP contribution in [0.4, 0.5) is 5.69 Å². The molecule has 0 aliphatic rings. The molecule has 0 saturated carbocycles. The first-order valence-corrected chi connectivity index (χ1v) is 9.03. The van der Waals surface area contributed by atoms with Crippen LogP contribution in [0, 0.1) is 6.92 Å². The number of hydrogen-bond acceptors (Lipinski definition) is 4. The van der Waals surface area contributed by atoms with Crippen LogP contribution in [-0.4, -0.2) is 26.7 Å². The molecule has 0 radical (unpaired) electrons. The number of aliphatic hydroxyl groups excluding tert-OH is 1. The second-order valence-electron chi connectivity index (χ2n) is 4.70. The fourth-order valence-corrected chi connectivity index (χ4v) is 4.98. The van der Waals surface area contributed by atoms with Crippen molar-refractivity contribution in [3.63, 3.8) is 0 Å². The molecule has 0 bridgehead atoms. The lowest BCUT2D eigenvalue weighted by atomic mass is 10.2. The number of thiophene rings is 1. The molecule has 0 unspecified atom stereocenters. The van der Waals surface area contributed by atoms with Crippen molar-refractivity contribution in [2.75, 3.05) is 17.5 Å². The van der Waals surface area contributed by atoms with E-state index in [0.717, 1.165) is 10.4 Å². The second-order valence-corrected chi connectivity index (χ2v) is 7.96. The van der Waals surface area contributed by atoms with Crippen LogP contribution in [0.25, 0.3) is 0 Å². The summed E-state index contributed by atoms with van der Waals surface area (Å²) < 4.78 is 27.2. The molecule has 21 heavy (non-hydrogen) atoms. The van der Waals surface area contributed by atoms with Gasteiger partial charge in [-0.3, -0.25) is 4.31 Å². The van der Waals surface area contributed by atoms with Gasteiger partial charge in [0.05, 0.1) is 5.69 Å². The first kappa shape index (κ1) is 16.0. The summed E-state index contributed by atoms with van der Waals surface area (Å²) in [5.41, 5.74) is 1.76. The van der Waals surface area contributed by atoms with Crippen molar-refractivity contribution in [1.82, 2.24) is 0 Å². The number of anilines is 1. The van der Waals surface area contributed by atoms with Gasteiger partial charge in [0.2, 0.25) is 0 Å². The third-order valence-electron chi connectivity index (χ3n) is 3.15. The Morgan fingerprint density at radius 2 is 1.81 bits per heavy atom. The number of benzene rings is 1. The molecule has 0 spiro atoms. The number of rotatable bonds is 6. The van der Waals surface area contributed by atoms with E-state index in [1.807, 2.05) is 38.1 Å². The van der Waals surface area contributed by atoms with E-state index in [4.69, 9.17) is 5.11 Å². The van der Waals surface area contributed by atoms with Crippen molar-refractivity contribution >= 4 is 27.0 Å². The Morgan fingerprint density at radius 3 is 2.38 bits per heavy atom. The minimum Gasteiger partial charge on any atom is -0.396 e. The van der Waals surface area contributed by atoms with Gasteiger partial charge < -0.3 is 5.11 Å². The number of aryl methyl sites for hydroxylation is 1. The van der Waals surface area contributed by atoms with Gasteiger partial charge in [-0.1, -0.05) is 17.7 Å². The van der Waals surface area contributed by atoms with Crippen molar-refractivity contribution in [3.05, 3.63) is 46.8 Å². The third kappa shape index (κ3) is 3.45. The Morgan fingerprint density at radius 1 is 1.14 bits per heavy atom. The van der Waals surface area contributed by atoms with E-state index in [9.17, 15) is 8.42 Å². The number of sulfonamides is 1. The van der Waals surface area contributed by atoms with Crippen molar-refractivity contribution in [3.8, 4) is 0 Å². The van der Waals surface area contributed by atoms with Gasteiger partial charge in [-0.2, -0.15) is 0 Å². The van der Waals surface area contributed by atoms with Crippen LogP contribution in [0.15, 0.2) is 40.6 Å². The van der Waals surface area contributed by atoms with E-state index < -0.39 is 10.0 Å². The van der Waals surface area contributed by atoms with Crippen molar-refractivity contribution in [2.45, 2.75) is 24.5 Å². The molecule has 0 aliphatic heterocycles. The molecule has 1 heterocycles. The number of hydrogen-bond donors (Lipinski definition) is 1. The Hall–Kier alpha value is -1.37. The average Bonchev–Trinajstić information content (AvgIpc) is 2.91. The van der Waals surface area contributed by atoms with Crippen LogP contribution >= 0.6 is 11.3 Å². The minimum absolute atomic E-state index is 0.0233. The zero-order chi connectivity index (χ0) is 15.5. The zero-order valence-electron chi connectivity index (χ0n) is 12.1. The molecule has 0 fully saturated rings. The van der Waals surface area contributed by atoms with Gasteiger partial charge in [0.15, 0.2) is 0 Å². The van der Waals surface area contributed by atoms with Crippen LogP contribution in [0.5, 0.6) is 0 Å². The lowest BCUT2D eigenvalue weighted by Crippen LogP contribution is -2.30. The van der Waals surface area contributed by atoms with Gasteiger partial charge in [-0.05, 0) is 38.1 Å². The van der Waals surface area contributed by atoms with Crippen LogP contribution in [0.2, 0.25) is 0 Å². The summed E-state index contributed by atoms with van der Waals surface area (Å²) in [5, 5.41) is 8.94. The van der Waals surface area contributed by atoms with Gasteiger partial charge in [-0.15, -0.1) is 11.3 Å². The van der Waals surface area contributed by atoms with Crippen LogP contribution in [-0.2, 0) is 16.4 Å². The standard InChI is InChI=1S/C15H19NO3S2/c1-3-16(13-6-4-12(2)5-7-13)21(18,19)15-9-8-14(20-15)10-11-17/h4-9,17H,3,10-11H2,1-2H3. The summed E-state index contributed by atoms with van der Waals surface area (Å²) in [7, 11) is -3.54. The van der Waals surface area contributed by atoms with E-state index >= 15 is 0 Å². The van der Waals surface area contributed by atoms with Gasteiger partial charge >= 0.3 is 0 Å². The van der Waals surface area contributed by atoms with Gasteiger partial charge in [0, 0.05) is 24.4 Å². The van der Waals surface area contributed by atoms with Crippen molar-refractivity contribution in [1.29, 1.82) is 0 Å². The minimum atomic E-state index is -3.54. The predicted molar refractivity (Wildman–Crippen MR) is 86.5 cm³/mol. The lowest BCUT2D eigenvalue weighted by molar-refractivity contribution is 0.300. The molecular weight excluding hydrogens is 306 g/mol. The van der Waals surface area contributed by atoms with Gasteiger partial charge in [0.1, 0.15) is 4.21 Å². The smallest absolute Gasteiger partial charge is 0.273 e. The topological polar surface area (TPSA) is 57.6 Å². The molecule has 2 aromatic rings. The molecule has 0 atom stereocenters. The third-order valence-corrected chi connectivity index (χ3v) is 6.66. The Kier molecular flexibility index (Phi) is 5.03. The molecule has 0 aliphatic carbocycles. The van der Waals surface area contributed by atoms with E-state index in [-0.39, 0.29) is 6.61 Å². The average molecular weight is 325 g/mol. The monoisotopic (exact) mass is 325 g/mol. The molecule has 1 N–H and O–H groups in total. The highest BCUT2D eigenvalue weighted by Gasteiger charge is 2.25. The molecule has 4 nitrogen and oxygen atoms in total. The lowest BCUT2D eigenvalue weighted by Gasteiger charge is -2.22. The van der Waals surface area contributed by atoms with Crippen molar-refractivity contribution in [2.24, 2.45) is 0 Å². The SMILES string of the molecule is CCN(c1ccc(C)cc1)S(=O)(=O)c1ccc(CCO)s1. The maximum absolute atomic E-state index is 12.7. The van der Waals surface area contributed by atoms with E-state index in [1.165, 1.54) is 15.6 Å². The van der Waals surface area contributed by atoms with Gasteiger partial charge in [-0.25, -0.2) is 8.42 Å². The highest BCUT2D eigenvalue weighted by Crippen LogP contribution is 2.28. The fourth-order valence-electron chi connectivity index (χ4n) is 2.05. The zero-order valence-corrected chi connectivity index (χ0v) is 13.7. The maximum atomic E-state index is 12.7. The summed E-state index contributed by atoms with van der Waals surface area (Å²) in [5.74, 6) is 0. The van der Waals surface area contributed by atoms with E-state index in [1.54, 1.807) is 12.1 Å². The van der Waals surface area contributed by atoms with E-state index in [0.29, 0.717) is 22.9 Å². The highest BCUT2D eigenvalue weighted by molar-refractivity contribution is 7.94. The number of nitrogens with zero attached hydrogens (tertiary/aromatic N) is 1. The summed E-state index contributed by atoms with van der Waals surface area (Å²) in [6.45, 7) is 4.18. The van der Waals surface area contributed by atoms with Gasteiger partial charge in [0.25, 0.3) is 10.0 Å². The Balaban J connectivity index is 2.36. The molecular formula is C15H19NO3S2. The summed E-state index contributed by atoms with van der Waals surface area (Å²) >= 11 is 1.22. The quantitative estimate of drug-likeness (QED) is 0.888. The molecule has 0 amide bonds. The molecule has 1 aromatic carbocycles. The van der Waals surface area contributed by atoms with Crippen LogP contribution in [0.3, 0.4) is 0 Å². The van der Waals surface area contributed by atoms with E-state index in [2.05, 4.69) is 0 Å². The summed E-state index contributed by atoms with van der Waals surface area (Å²) in [6, 6.07) is 10.8. The summed E-state index contributed by atoms with van der Waals surface area (Å²) in [6.07, 6.45) is 0.483. The number of aliphatic hydroxyl groups is 1. The van der Waals surface area contributed by atoms with Crippen LogP contribution in [0.1, 0.15) is 17.4 Å². The largest absolute Gasteiger partial charge is 0.396 e. The molecule has 2 rings (SSSR count). The molecule has 1 aromatic heterocycles. The predicted octanol–water partition coefficient (Wildman–Crippen LogP) is 2.81.